The molecule has 1 aromatic heterocycles. The van der Waals surface area contributed by atoms with Gasteiger partial charge in [-0.15, -0.1) is 0 Å². The average molecular weight is 367 g/mol. The molecule has 2 aliphatic heterocycles. The topological polar surface area (TPSA) is 65.2 Å². The number of rotatable bonds is 3. The number of hydrogen-bond donors (Lipinski definition) is 1. The smallest absolute Gasteiger partial charge is 0.287 e. The van der Waals surface area contributed by atoms with Crippen molar-refractivity contribution in [3.8, 4) is 0 Å². The molecule has 0 fully saturated rings. The maximum absolute atomic E-state index is 5.94. The lowest BCUT2D eigenvalue weighted by Crippen LogP contribution is -2.44. The first-order chi connectivity index (χ1) is 12.6. The van der Waals surface area contributed by atoms with Gasteiger partial charge in [-0.3, -0.25) is 4.99 Å². The minimum absolute atomic E-state index is 0.0974. The SMILES string of the molecule is CN(C)c1ccc([N+]23C=CN=CC2=NC(Nc2ccc(Cl)cc2)=N3)cn1. The molecule has 130 valence electrons. The molecule has 0 radical (unpaired) electrons. The van der Waals surface area contributed by atoms with Gasteiger partial charge in [0.2, 0.25) is 0 Å². The Kier molecular flexibility index (Phi) is 4.02. The first-order valence-electron chi connectivity index (χ1n) is 8.02. The van der Waals surface area contributed by atoms with Gasteiger partial charge < -0.3 is 10.2 Å². The Bertz CT molecular complexity index is 943. The summed E-state index contributed by atoms with van der Waals surface area (Å²) in [6.07, 6.45) is 7.11. The van der Waals surface area contributed by atoms with Gasteiger partial charge in [-0.25, -0.2) is 4.98 Å². The van der Waals surface area contributed by atoms with E-state index in [2.05, 4.69) is 20.3 Å². The zero-order chi connectivity index (χ0) is 18.1. The van der Waals surface area contributed by atoms with Crippen molar-refractivity contribution in [1.82, 2.24) is 9.58 Å². The molecule has 0 saturated heterocycles. The molecular weight excluding hydrogens is 350 g/mol. The van der Waals surface area contributed by atoms with Crippen molar-refractivity contribution in [3.05, 3.63) is 60.0 Å². The van der Waals surface area contributed by atoms with Crippen molar-refractivity contribution in [2.24, 2.45) is 15.1 Å². The van der Waals surface area contributed by atoms with E-state index in [0.717, 1.165) is 17.2 Å². The van der Waals surface area contributed by atoms with Crippen LogP contribution in [0.15, 0.2) is 70.1 Å². The van der Waals surface area contributed by atoms with Crippen LogP contribution in [0, 0.1) is 0 Å². The number of nitrogens with one attached hydrogen (secondary N) is 1. The lowest BCUT2D eigenvalue weighted by molar-refractivity contribution is 0.590. The first-order valence-corrected chi connectivity index (χ1v) is 8.40. The second kappa shape index (κ2) is 6.36. The molecule has 4 rings (SSSR count). The van der Waals surface area contributed by atoms with Gasteiger partial charge in [-0.2, -0.15) is 4.99 Å². The predicted octanol–water partition coefficient (Wildman–Crippen LogP) is 3.46. The molecule has 0 saturated carbocycles. The van der Waals surface area contributed by atoms with Gasteiger partial charge in [0.1, 0.15) is 12.0 Å². The predicted molar refractivity (Wildman–Crippen MR) is 108 cm³/mol. The first kappa shape index (κ1) is 16.4. The highest BCUT2D eigenvalue weighted by atomic mass is 35.5. The Hall–Kier alpha value is -3.03. The van der Waals surface area contributed by atoms with E-state index >= 15 is 0 Å². The molecule has 1 atom stereocenters. The number of guanidine groups is 1. The highest BCUT2D eigenvalue weighted by molar-refractivity contribution is 6.38. The third-order valence-electron chi connectivity index (χ3n) is 4.07. The molecule has 7 nitrogen and oxygen atoms in total. The summed E-state index contributed by atoms with van der Waals surface area (Å²) in [4.78, 5) is 15.2. The highest BCUT2D eigenvalue weighted by Crippen LogP contribution is 2.31. The van der Waals surface area contributed by atoms with E-state index in [1.54, 1.807) is 12.4 Å². The molecule has 2 aliphatic rings. The van der Waals surface area contributed by atoms with Crippen molar-refractivity contribution in [2.75, 3.05) is 24.3 Å². The molecule has 26 heavy (non-hydrogen) atoms. The number of anilines is 2. The molecular formula is C18H17ClN7+. The number of quaternary nitrogens is 1. The summed E-state index contributed by atoms with van der Waals surface area (Å²) in [6.45, 7) is 0. The minimum Gasteiger partial charge on any atom is -0.363 e. The van der Waals surface area contributed by atoms with Gasteiger partial charge in [0.05, 0.1) is 12.4 Å². The number of pyridine rings is 1. The van der Waals surface area contributed by atoms with Crippen molar-refractivity contribution in [1.29, 1.82) is 0 Å². The van der Waals surface area contributed by atoms with Crippen LogP contribution in [0.1, 0.15) is 0 Å². The number of hydrogen-bond acceptors (Lipinski definition) is 6. The maximum Gasteiger partial charge on any atom is 0.287 e. The Morgan fingerprint density at radius 3 is 2.58 bits per heavy atom. The van der Waals surface area contributed by atoms with Crippen LogP contribution in [-0.2, 0) is 0 Å². The Morgan fingerprint density at radius 2 is 1.88 bits per heavy atom. The Morgan fingerprint density at radius 1 is 1.08 bits per heavy atom. The normalized spacial score (nSPS) is 20.4. The second-order valence-corrected chi connectivity index (χ2v) is 6.49. The van der Waals surface area contributed by atoms with Crippen LogP contribution < -0.4 is 14.8 Å². The van der Waals surface area contributed by atoms with Crippen LogP contribution in [0.25, 0.3) is 0 Å². The number of aliphatic imine (C=N–C) groups is 2. The van der Waals surface area contributed by atoms with Crippen LogP contribution in [0.4, 0.5) is 17.2 Å². The quantitative estimate of drug-likeness (QED) is 0.846. The zero-order valence-electron chi connectivity index (χ0n) is 14.3. The fraction of sp³-hybridized carbons (Fsp3) is 0.111. The van der Waals surface area contributed by atoms with Crippen LogP contribution in [0.5, 0.6) is 0 Å². The molecule has 1 unspecified atom stereocenters. The lowest BCUT2D eigenvalue weighted by Gasteiger charge is -2.23. The summed E-state index contributed by atoms with van der Waals surface area (Å²) in [5, 5.41) is 8.67. The largest absolute Gasteiger partial charge is 0.363 e. The summed E-state index contributed by atoms with van der Waals surface area (Å²) < 4.78 is 0.0974. The summed E-state index contributed by atoms with van der Waals surface area (Å²) in [7, 11) is 3.91. The molecule has 2 aromatic rings. The van der Waals surface area contributed by atoms with Crippen molar-refractivity contribution in [2.45, 2.75) is 0 Å². The number of benzene rings is 1. The molecule has 0 amide bonds. The van der Waals surface area contributed by atoms with Gasteiger partial charge in [0, 0.05) is 30.9 Å². The van der Waals surface area contributed by atoms with Crippen LogP contribution in [0.3, 0.4) is 0 Å². The third kappa shape index (κ3) is 2.87. The Labute approximate surface area is 156 Å². The van der Waals surface area contributed by atoms with E-state index in [1.165, 1.54) is 0 Å². The van der Waals surface area contributed by atoms with Crippen molar-refractivity contribution in [3.63, 3.8) is 0 Å². The molecule has 0 aliphatic carbocycles. The number of aromatic nitrogens is 1. The monoisotopic (exact) mass is 366 g/mol. The summed E-state index contributed by atoms with van der Waals surface area (Å²) >= 11 is 5.94. The van der Waals surface area contributed by atoms with Crippen molar-refractivity contribution < 1.29 is 0 Å². The van der Waals surface area contributed by atoms with Gasteiger partial charge in [-0.05, 0) is 35.4 Å². The van der Waals surface area contributed by atoms with Crippen LogP contribution >= 0.6 is 11.6 Å². The van der Waals surface area contributed by atoms with Crippen LogP contribution in [0.2, 0.25) is 5.02 Å². The lowest BCUT2D eigenvalue weighted by atomic mass is 10.3. The molecule has 0 bridgehead atoms. The van der Waals surface area contributed by atoms with Gasteiger partial charge in [0.25, 0.3) is 11.8 Å². The standard InChI is InChI=1S/C18H17ClN7/c1-25(2)16-8-7-15(11-21-16)26-10-9-20-12-17(26)23-18(24-26)22-14-5-3-13(19)4-6-14/h3-12H,1-2H3,(H,22,24)/q+1. The van der Waals surface area contributed by atoms with Gasteiger partial charge in [0.15, 0.2) is 11.9 Å². The zero-order valence-corrected chi connectivity index (χ0v) is 15.1. The third-order valence-corrected chi connectivity index (χ3v) is 4.32. The number of amidine groups is 1. The average Bonchev–Trinajstić information content (AvgIpc) is 3.03. The number of halogens is 1. The summed E-state index contributed by atoms with van der Waals surface area (Å²) in [5.41, 5.74) is 1.74. The van der Waals surface area contributed by atoms with Gasteiger partial charge in [-0.1, -0.05) is 16.2 Å². The second-order valence-electron chi connectivity index (χ2n) is 6.06. The molecule has 1 N–H and O–H groups in total. The van der Waals surface area contributed by atoms with E-state index < -0.39 is 0 Å². The van der Waals surface area contributed by atoms with E-state index in [9.17, 15) is 0 Å². The highest BCUT2D eigenvalue weighted by Gasteiger charge is 2.43. The fourth-order valence-electron chi connectivity index (χ4n) is 2.71. The number of nitrogens with zero attached hydrogens (tertiary/aromatic N) is 6. The minimum atomic E-state index is 0.0974. The summed E-state index contributed by atoms with van der Waals surface area (Å²) in [6, 6.07) is 11.3. The fourth-order valence-corrected chi connectivity index (χ4v) is 2.84. The van der Waals surface area contributed by atoms with E-state index in [0.29, 0.717) is 16.8 Å². The molecule has 3 heterocycles. The molecule has 8 heteroatoms. The number of fused-ring (bicyclic) bond motifs is 1. The van der Waals surface area contributed by atoms with E-state index in [4.69, 9.17) is 16.7 Å². The Balaban J connectivity index is 1.70. The molecule has 1 aromatic carbocycles. The van der Waals surface area contributed by atoms with Crippen molar-refractivity contribution >= 4 is 46.8 Å². The molecule has 0 spiro atoms. The van der Waals surface area contributed by atoms with E-state index in [-0.39, 0.29) is 4.59 Å². The summed E-state index contributed by atoms with van der Waals surface area (Å²) in [5.74, 6) is 2.07. The van der Waals surface area contributed by atoms with Gasteiger partial charge >= 0.3 is 0 Å². The van der Waals surface area contributed by atoms with E-state index in [1.807, 2.05) is 67.8 Å². The van der Waals surface area contributed by atoms with Crippen LogP contribution in [-0.4, -0.2) is 37.1 Å². The maximum atomic E-state index is 5.94.